The first-order valence-corrected chi connectivity index (χ1v) is 6.31. The molecule has 0 radical (unpaired) electrons. The van der Waals surface area contributed by atoms with Crippen molar-refractivity contribution in [3.05, 3.63) is 60.4 Å². The molecular weight excluding hydrogens is 269 g/mol. The predicted molar refractivity (Wildman–Crippen MR) is 79.4 cm³/mol. The zero-order valence-corrected chi connectivity index (χ0v) is 11.0. The molecule has 0 aliphatic heterocycles. The maximum absolute atomic E-state index is 13.6. The van der Waals surface area contributed by atoms with E-state index in [2.05, 4.69) is 20.5 Å². The van der Waals surface area contributed by atoms with Crippen LogP contribution in [0.5, 0.6) is 0 Å². The minimum absolute atomic E-state index is 0.188. The molecular formula is C15H12FN5. The van der Waals surface area contributed by atoms with Crippen molar-refractivity contribution in [2.45, 2.75) is 0 Å². The molecule has 104 valence electrons. The number of aromatic nitrogens is 3. The minimum atomic E-state index is -0.390. The predicted octanol–water partition coefficient (Wildman–Crippen LogP) is 3.00. The summed E-state index contributed by atoms with van der Waals surface area (Å²) in [5, 5.41) is 10.5. The molecule has 2 aromatic carbocycles. The van der Waals surface area contributed by atoms with Crippen molar-refractivity contribution in [2.75, 3.05) is 11.1 Å². The van der Waals surface area contributed by atoms with Gasteiger partial charge in [0.15, 0.2) is 5.82 Å². The number of hydrogen-bond acceptors (Lipinski definition) is 5. The smallest absolute Gasteiger partial charge is 0.247 e. The highest BCUT2D eigenvalue weighted by molar-refractivity contribution is 5.70. The fraction of sp³-hybridized carbons (Fsp3) is 0. The number of benzene rings is 2. The lowest BCUT2D eigenvalue weighted by Gasteiger charge is -2.08. The van der Waals surface area contributed by atoms with Crippen molar-refractivity contribution in [3.63, 3.8) is 0 Å². The average molecular weight is 281 g/mol. The Morgan fingerprint density at radius 1 is 0.905 bits per heavy atom. The second kappa shape index (κ2) is 5.54. The molecule has 0 spiro atoms. The van der Waals surface area contributed by atoms with Gasteiger partial charge in [-0.25, -0.2) is 9.37 Å². The Bertz CT molecular complexity index is 761. The average Bonchev–Trinajstić information content (AvgIpc) is 2.52. The van der Waals surface area contributed by atoms with Gasteiger partial charge in [-0.1, -0.05) is 42.5 Å². The summed E-state index contributed by atoms with van der Waals surface area (Å²) < 4.78 is 13.6. The minimum Gasteiger partial charge on any atom is -0.380 e. The summed E-state index contributed by atoms with van der Waals surface area (Å²) in [4.78, 5) is 4.30. The van der Waals surface area contributed by atoms with Gasteiger partial charge in [-0.05, 0) is 12.1 Å². The van der Waals surface area contributed by atoms with Gasteiger partial charge < -0.3 is 11.1 Å². The van der Waals surface area contributed by atoms with Gasteiger partial charge in [0.1, 0.15) is 11.5 Å². The Kier molecular flexibility index (Phi) is 3.42. The van der Waals surface area contributed by atoms with Crippen LogP contribution in [0.1, 0.15) is 0 Å². The SMILES string of the molecule is Nc1nnc(Nc2ccccc2F)nc1-c1ccccc1. The number of nitrogens with two attached hydrogens (primary N) is 1. The van der Waals surface area contributed by atoms with Crippen LogP contribution < -0.4 is 11.1 Å². The van der Waals surface area contributed by atoms with Crippen LogP contribution >= 0.6 is 0 Å². The molecule has 0 bridgehead atoms. The lowest BCUT2D eigenvalue weighted by atomic mass is 10.1. The Hall–Kier alpha value is -3.02. The third-order valence-electron chi connectivity index (χ3n) is 2.88. The first-order chi connectivity index (χ1) is 10.2. The number of nitrogens with one attached hydrogen (secondary N) is 1. The van der Waals surface area contributed by atoms with Gasteiger partial charge in [0.2, 0.25) is 5.95 Å². The van der Waals surface area contributed by atoms with Gasteiger partial charge >= 0.3 is 0 Å². The number of nitrogens with zero attached hydrogens (tertiary/aromatic N) is 3. The maximum Gasteiger partial charge on any atom is 0.247 e. The van der Waals surface area contributed by atoms with E-state index in [0.717, 1.165) is 5.56 Å². The summed E-state index contributed by atoms with van der Waals surface area (Å²) in [6.45, 7) is 0. The molecule has 5 nitrogen and oxygen atoms in total. The molecule has 0 saturated heterocycles. The van der Waals surface area contributed by atoms with E-state index in [1.165, 1.54) is 6.07 Å². The molecule has 3 rings (SSSR count). The van der Waals surface area contributed by atoms with E-state index in [1.54, 1.807) is 18.2 Å². The molecule has 0 fully saturated rings. The molecule has 0 amide bonds. The maximum atomic E-state index is 13.6. The van der Waals surface area contributed by atoms with Crippen LogP contribution in [0.15, 0.2) is 54.6 Å². The van der Waals surface area contributed by atoms with Crippen LogP contribution in [0.4, 0.5) is 21.8 Å². The number of anilines is 3. The molecule has 1 heterocycles. The lowest BCUT2D eigenvalue weighted by Crippen LogP contribution is -2.05. The molecule has 0 unspecified atom stereocenters. The fourth-order valence-corrected chi connectivity index (χ4v) is 1.88. The molecule has 1 aromatic heterocycles. The topological polar surface area (TPSA) is 76.7 Å². The van der Waals surface area contributed by atoms with Gasteiger partial charge in [0.05, 0.1) is 5.69 Å². The summed E-state index contributed by atoms with van der Waals surface area (Å²) in [5.41, 5.74) is 7.41. The number of para-hydroxylation sites is 1. The molecule has 0 aliphatic carbocycles. The van der Waals surface area contributed by atoms with Crippen LogP contribution in [0.25, 0.3) is 11.3 Å². The van der Waals surface area contributed by atoms with Crippen molar-refractivity contribution >= 4 is 17.5 Å². The highest BCUT2D eigenvalue weighted by Gasteiger charge is 2.10. The van der Waals surface area contributed by atoms with Gasteiger partial charge in [0.25, 0.3) is 0 Å². The van der Waals surface area contributed by atoms with E-state index >= 15 is 0 Å². The number of nitrogen functional groups attached to an aromatic ring is 1. The van der Waals surface area contributed by atoms with Crippen LogP contribution in [0.2, 0.25) is 0 Å². The van der Waals surface area contributed by atoms with E-state index in [-0.39, 0.29) is 23.3 Å². The van der Waals surface area contributed by atoms with E-state index < -0.39 is 0 Å². The lowest BCUT2D eigenvalue weighted by molar-refractivity contribution is 0.631. The first kappa shape index (κ1) is 13.0. The summed E-state index contributed by atoms with van der Waals surface area (Å²) in [7, 11) is 0. The monoisotopic (exact) mass is 281 g/mol. The summed E-state index contributed by atoms with van der Waals surface area (Å²) in [6, 6.07) is 15.7. The van der Waals surface area contributed by atoms with Crippen LogP contribution in [0, 0.1) is 5.82 Å². The second-order valence-corrected chi connectivity index (χ2v) is 4.34. The third kappa shape index (κ3) is 2.79. The zero-order valence-electron chi connectivity index (χ0n) is 11.0. The van der Waals surface area contributed by atoms with Gasteiger partial charge in [0, 0.05) is 5.56 Å². The normalized spacial score (nSPS) is 10.3. The van der Waals surface area contributed by atoms with E-state index in [4.69, 9.17) is 5.73 Å². The first-order valence-electron chi connectivity index (χ1n) is 6.31. The standard InChI is InChI=1S/C15H12FN5/c16-11-8-4-5-9-12(11)18-15-19-13(14(17)20-21-15)10-6-2-1-3-7-10/h1-9H,(H2,17,20)(H,18,19,21). The Balaban J connectivity index is 1.97. The molecule has 3 N–H and O–H groups in total. The van der Waals surface area contributed by atoms with Crippen molar-refractivity contribution in [1.29, 1.82) is 0 Å². The van der Waals surface area contributed by atoms with Crippen molar-refractivity contribution in [3.8, 4) is 11.3 Å². The second-order valence-electron chi connectivity index (χ2n) is 4.34. The summed E-state index contributed by atoms with van der Waals surface area (Å²) >= 11 is 0. The molecule has 0 saturated carbocycles. The van der Waals surface area contributed by atoms with Crippen molar-refractivity contribution in [1.82, 2.24) is 15.2 Å². The van der Waals surface area contributed by atoms with E-state index in [0.29, 0.717) is 5.69 Å². The highest BCUT2D eigenvalue weighted by Crippen LogP contribution is 2.23. The Morgan fingerprint density at radius 2 is 1.62 bits per heavy atom. The molecule has 6 heteroatoms. The Morgan fingerprint density at radius 3 is 2.38 bits per heavy atom. The Labute approximate surface area is 120 Å². The fourth-order valence-electron chi connectivity index (χ4n) is 1.88. The van der Waals surface area contributed by atoms with Crippen LogP contribution in [0.3, 0.4) is 0 Å². The third-order valence-corrected chi connectivity index (χ3v) is 2.88. The van der Waals surface area contributed by atoms with Gasteiger partial charge in [-0.3, -0.25) is 0 Å². The number of halogens is 1. The molecule has 0 atom stereocenters. The van der Waals surface area contributed by atoms with Gasteiger partial charge in [-0.15, -0.1) is 10.2 Å². The summed E-state index contributed by atoms with van der Waals surface area (Å²) in [6.07, 6.45) is 0. The molecule has 21 heavy (non-hydrogen) atoms. The number of rotatable bonds is 3. The van der Waals surface area contributed by atoms with E-state index in [1.807, 2.05) is 30.3 Å². The zero-order chi connectivity index (χ0) is 14.7. The van der Waals surface area contributed by atoms with Crippen molar-refractivity contribution in [2.24, 2.45) is 0 Å². The van der Waals surface area contributed by atoms with Crippen LogP contribution in [-0.4, -0.2) is 15.2 Å². The van der Waals surface area contributed by atoms with E-state index in [9.17, 15) is 4.39 Å². The summed E-state index contributed by atoms with van der Waals surface area (Å²) in [5.74, 6) is 0.0209. The van der Waals surface area contributed by atoms with Crippen molar-refractivity contribution < 1.29 is 4.39 Å². The highest BCUT2D eigenvalue weighted by atomic mass is 19.1. The largest absolute Gasteiger partial charge is 0.380 e. The van der Waals surface area contributed by atoms with Crippen LogP contribution in [-0.2, 0) is 0 Å². The quantitative estimate of drug-likeness (QED) is 0.771. The number of hydrogen-bond donors (Lipinski definition) is 2. The molecule has 3 aromatic rings. The molecule has 0 aliphatic rings. The van der Waals surface area contributed by atoms with Gasteiger partial charge in [-0.2, -0.15) is 0 Å².